The van der Waals surface area contributed by atoms with E-state index in [9.17, 15) is 14.4 Å². The van der Waals surface area contributed by atoms with E-state index in [-0.39, 0.29) is 29.9 Å². The Morgan fingerprint density at radius 2 is 1.84 bits per heavy atom. The second kappa shape index (κ2) is 17.2. The minimum atomic E-state index is -0.638. The molecule has 1 heterocycles. The highest BCUT2D eigenvalue weighted by Crippen LogP contribution is 2.21. The Bertz CT molecular complexity index is 723. The molecule has 1 saturated heterocycles. The van der Waals surface area contributed by atoms with Gasteiger partial charge in [-0.05, 0) is 80.6 Å². The zero-order valence-electron chi connectivity index (χ0n) is 24.0. The Balaban J connectivity index is 0.000000806. The number of cyclic esters (lactones) is 1. The van der Waals surface area contributed by atoms with E-state index in [4.69, 9.17) is 19.3 Å². The fourth-order valence-electron chi connectivity index (χ4n) is 3.40. The van der Waals surface area contributed by atoms with Gasteiger partial charge < -0.3 is 24.1 Å². The van der Waals surface area contributed by atoms with E-state index in [2.05, 4.69) is 11.3 Å². The van der Waals surface area contributed by atoms with Crippen LogP contribution in [0.4, 0.5) is 4.79 Å². The van der Waals surface area contributed by atoms with Crippen LogP contribution < -0.4 is 0 Å². The van der Waals surface area contributed by atoms with Crippen molar-refractivity contribution in [3.63, 3.8) is 0 Å². The van der Waals surface area contributed by atoms with Crippen molar-refractivity contribution in [1.29, 1.82) is 0 Å². The number of likely N-dealkylation sites (N-methyl/N-ethyl adjacent to an activating group) is 1. The van der Waals surface area contributed by atoms with E-state index < -0.39 is 17.7 Å². The van der Waals surface area contributed by atoms with Crippen LogP contribution in [0.15, 0.2) is 24.8 Å². The molecule has 1 aliphatic carbocycles. The first-order valence-corrected chi connectivity index (χ1v) is 12.9. The minimum absolute atomic E-state index is 0.0244. The summed E-state index contributed by atoms with van der Waals surface area (Å²) in [4.78, 5) is 35.6. The molecule has 0 aromatic rings. The summed E-state index contributed by atoms with van der Waals surface area (Å²) in [7, 11) is 1.58. The van der Waals surface area contributed by atoms with Crippen LogP contribution in [0.3, 0.4) is 0 Å². The van der Waals surface area contributed by atoms with Gasteiger partial charge in [0.2, 0.25) is 0 Å². The van der Waals surface area contributed by atoms with Crippen molar-refractivity contribution < 1.29 is 38.4 Å². The number of hydrogen-bond acceptors (Lipinski definition) is 8. The fraction of sp³-hybridized carbons (Fsp3) is 0.750. The summed E-state index contributed by atoms with van der Waals surface area (Å²) in [5.74, 6) is -0.389. The Morgan fingerprint density at radius 3 is 2.24 bits per heavy atom. The molecule has 2 rings (SSSR count). The van der Waals surface area contributed by atoms with Crippen LogP contribution in [0.1, 0.15) is 87.0 Å². The first kappa shape index (κ1) is 34.6. The molecule has 37 heavy (non-hydrogen) atoms. The van der Waals surface area contributed by atoms with Crippen molar-refractivity contribution in [2.24, 2.45) is 0 Å². The molecule has 4 atom stereocenters. The van der Waals surface area contributed by atoms with Gasteiger partial charge in [-0.2, -0.15) is 0 Å². The second-order valence-electron chi connectivity index (χ2n) is 11.2. The smallest absolute Gasteiger partial charge is 0.410 e. The molecule has 0 bridgehead atoms. The molecule has 0 aromatic carbocycles. The molecule has 214 valence electrons. The molecule has 0 spiro atoms. The lowest BCUT2D eigenvalue weighted by Gasteiger charge is -2.29. The molecule has 0 aromatic heterocycles. The van der Waals surface area contributed by atoms with Crippen molar-refractivity contribution in [3.8, 4) is 0 Å². The number of ether oxygens (including phenoxy) is 4. The molecule has 9 heteroatoms. The molecule has 1 fully saturated rings. The molecule has 2 aliphatic rings. The van der Waals surface area contributed by atoms with Crippen molar-refractivity contribution >= 4 is 18.5 Å². The predicted octanol–water partition coefficient (Wildman–Crippen LogP) is 4.95. The Labute approximate surface area is 223 Å². The molecule has 3 unspecified atom stereocenters. The van der Waals surface area contributed by atoms with E-state index in [0.29, 0.717) is 25.9 Å². The molecular weight excluding hydrogens is 478 g/mol. The largest absolute Gasteiger partial charge is 0.462 e. The van der Waals surface area contributed by atoms with E-state index in [1.165, 1.54) is 4.90 Å². The van der Waals surface area contributed by atoms with Crippen LogP contribution in [-0.2, 0) is 28.5 Å². The lowest BCUT2D eigenvalue weighted by molar-refractivity contribution is -0.155. The molecule has 1 aliphatic heterocycles. The van der Waals surface area contributed by atoms with E-state index in [0.717, 1.165) is 25.7 Å². The summed E-state index contributed by atoms with van der Waals surface area (Å²) in [6, 6.07) is -0.638. The van der Waals surface area contributed by atoms with Crippen molar-refractivity contribution in [3.05, 3.63) is 24.8 Å². The van der Waals surface area contributed by atoms with Gasteiger partial charge >= 0.3 is 12.1 Å². The van der Waals surface area contributed by atoms with Crippen LogP contribution in [0, 0.1) is 0 Å². The van der Waals surface area contributed by atoms with Crippen LogP contribution in [-0.4, -0.2) is 77.8 Å². The number of rotatable bonds is 5. The van der Waals surface area contributed by atoms with E-state index in [1.807, 2.05) is 39.8 Å². The number of carbonyl (C=O) groups excluding carboxylic acids is 3. The minimum Gasteiger partial charge on any atom is -0.462 e. The van der Waals surface area contributed by atoms with Gasteiger partial charge in [0.05, 0.1) is 18.8 Å². The van der Waals surface area contributed by atoms with Gasteiger partial charge in [-0.1, -0.05) is 18.2 Å². The first-order chi connectivity index (χ1) is 17.1. The number of aliphatic hydroxyl groups is 1. The third-order valence-corrected chi connectivity index (χ3v) is 5.18. The molecule has 0 saturated carbocycles. The molecular formula is C28H49NO8. The Hall–Kier alpha value is -2.39. The number of esters is 1. The van der Waals surface area contributed by atoms with Crippen molar-refractivity contribution in [2.45, 2.75) is 123 Å². The number of amides is 1. The van der Waals surface area contributed by atoms with Gasteiger partial charge in [0.15, 0.2) is 0 Å². The maximum atomic E-state index is 12.4. The highest BCUT2D eigenvalue weighted by Gasteiger charge is 2.33. The number of allylic oxidation sites excluding steroid dienone is 1. The number of hydrogen-bond donors (Lipinski definition) is 1. The maximum Gasteiger partial charge on any atom is 0.410 e. The van der Waals surface area contributed by atoms with E-state index in [1.54, 1.807) is 33.9 Å². The number of nitrogens with zero attached hydrogens (tertiary/aromatic N) is 1. The first-order valence-electron chi connectivity index (χ1n) is 12.9. The maximum absolute atomic E-state index is 12.4. The Kier molecular flexibility index (Phi) is 16.1. The zero-order valence-corrected chi connectivity index (χ0v) is 24.0. The molecule has 1 N–H and O–H groups in total. The average molecular weight is 528 g/mol. The summed E-state index contributed by atoms with van der Waals surface area (Å²) in [6.07, 6.45) is 9.39. The van der Waals surface area contributed by atoms with Gasteiger partial charge in [-0.15, -0.1) is 6.58 Å². The van der Waals surface area contributed by atoms with Crippen LogP contribution in [0.5, 0.6) is 0 Å². The lowest BCUT2D eigenvalue weighted by atomic mass is 10.0. The SMILES string of the molecule is C=CCOC1CCC[C@H](N(C)C(=O)OC(C)(C)C)C(=O)OC(C)C1.CC(C)(C)OC=O.OC1C=CCC1. The third-order valence-electron chi connectivity index (χ3n) is 5.18. The molecule has 9 nitrogen and oxygen atoms in total. The summed E-state index contributed by atoms with van der Waals surface area (Å²) in [6.45, 7) is 17.3. The summed E-state index contributed by atoms with van der Waals surface area (Å²) >= 11 is 0. The molecule has 1 amide bonds. The lowest BCUT2D eigenvalue weighted by Crippen LogP contribution is -2.46. The third kappa shape index (κ3) is 17.7. The highest BCUT2D eigenvalue weighted by molar-refractivity contribution is 5.81. The topological polar surface area (TPSA) is 112 Å². The molecule has 0 radical (unpaired) electrons. The number of aliphatic hydroxyl groups excluding tert-OH is 1. The fourth-order valence-corrected chi connectivity index (χ4v) is 3.40. The summed E-state index contributed by atoms with van der Waals surface area (Å²) in [5, 5.41) is 8.64. The Morgan fingerprint density at radius 1 is 1.19 bits per heavy atom. The highest BCUT2D eigenvalue weighted by atomic mass is 16.6. The van der Waals surface area contributed by atoms with E-state index >= 15 is 0 Å². The quantitative estimate of drug-likeness (QED) is 0.231. The van der Waals surface area contributed by atoms with Gasteiger partial charge in [0.1, 0.15) is 23.3 Å². The van der Waals surface area contributed by atoms with Gasteiger partial charge in [-0.25, -0.2) is 9.59 Å². The average Bonchev–Trinajstić information content (AvgIpc) is 3.25. The van der Waals surface area contributed by atoms with Gasteiger partial charge in [-0.3, -0.25) is 9.69 Å². The summed E-state index contributed by atoms with van der Waals surface area (Å²) in [5.41, 5.74) is -0.924. The number of carbonyl (C=O) groups is 3. The van der Waals surface area contributed by atoms with Crippen molar-refractivity contribution in [1.82, 2.24) is 4.90 Å². The summed E-state index contributed by atoms with van der Waals surface area (Å²) < 4.78 is 21.1. The van der Waals surface area contributed by atoms with Crippen molar-refractivity contribution in [2.75, 3.05) is 13.7 Å². The van der Waals surface area contributed by atoms with Crippen LogP contribution in [0.25, 0.3) is 0 Å². The normalized spacial score (nSPS) is 23.9. The zero-order chi connectivity index (χ0) is 28.6. The van der Waals surface area contributed by atoms with Crippen LogP contribution >= 0.6 is 0 Å². The monoisotopic (exact) mass is 527 g/mol. The standard InChI is InChI=1S/C18H31NO5.C5H10O2.C5H8O/c1-7-11-22-14-9-8-10-15(16(20)23-13(2)12-14)19(6)17(21)24-18(3,4)5;1-5(2,3)7-4-6;6-5-3-1-2-4-5/h7,13-15H,1,8-12H2,2-6H3;4H,1-3H3;1,3,5-6H,2,4H2/t13?,14?,15-;;/m0../s1. The van der Waals surface area contributed by atoms with Crippen LogP contribution in [0.2, 0.25) is 0 Å². The van der Waals surface area contributed by atoms with Gasteiger partial charge in [0.25, 0.3) is 6.47 Å². The second-order valence-corrected chi connectivity index (χ2v) is 11.2. The van der Waals surface area contributed by atoms with Gasteiger partial charge in [0, 0.05) is 13.5 Å². The predicted molar refractivity (Wildman–Crippen MR) is 143 cm³/mol.